The summed E-state index contributed by atoms with van der Waals surface area (Å²) in [6.45, 7) is 4.69. The molecule has 1 amide bonds. The van der Waals surface area contributed by atoms with Crippen LogP contribution in [0.5, 0.6) is 11.5 Å². The van der Waals surface area contributed by atoms with Crippen LogP contribution in [0.2, 0.25) is 0 Å². The number of carbonyl (C=O) groups excluding carboxylic acids is 2. The van der Waals surface area contributed by atoms with Gasteiger partial charge in [0.2, 0.25) is 0 Å². The van der Waals surface area contributed by atoms with Crippen molar-refractivity contribution in [1.82, 2.24) is 5.32 Å². The fourth-order valence-electron chi connectivity index (χ4n) is 3.28. The normalized spacial score (nSPS) is 23.4. The van der Waals surface area contributed by atoms with E-state index in [1.165, 1.54) is 6.42 Å². The molecule has 6 nitrogen and oxygen atoms in total. The molecule has 0 radical (unpaired) electrons. The molecule has 0 bridgehead atoms. The molecule has 25 heavy (non-hydrogen) atoms. The first kappa shape index (κ1) is 17.6. The smallest absolute Gasteiger partial charge is 0.339 e. The van der Waals surface area contributed by atoms with Crippen LogP contribution in [-0.4, -0.2) is 37.2 Å². The van der Waals surface area contributed by atoms with Crippen molar-refractivity contribution >= 4 is 11.9 Å². The Kier molecular flexibility index (Phi) is 5.46. The number of esters is 1. The van der Waals surface area contributed by atoms with Gasteiger partial charge in [-0.25, -0.2) is 4.79 Å². The second-order valence-corrected chi connectivity index (χ2v) is 6.78. The van der Waals surface area contributed by atoms with Gasteiger partial charge < -0.3 is 19.5 Å². The van der Waals surface area contributed by atoms with Gasteiger partial charge in [0, 0.05) is 6.04 Å². The van der Waals surface area contributed by atoms with E-state index in [0.29, 0.717) is 36.2 Å². The van der Waals surface area contributed by atoms with Gasteiger partial charge in [-0.05, 0) is 43.9 Å². The minimum atomic E-state index is -0.838. The monoisotopic (exact) mass is 347 g/mol. The Bertz CT molecular complexity index is 645. The Balaban J connectivity index is 1.57. The molecule has 1 aliphatic carbocycles. The lowest BCUT2D eigenvalue weighted by Crippen LogP contribution is -2.45. The lowest BCUT2D eigenvalue weighted by atomic mass is 9.86. The summed E-state index contributed by atoms with van der Waals surface area (Å²) in [7, 11) is 0. The summed E-state index contributed by atoms with van der Waals surface area (Å²) in [5.41, 5.74) is 0.343. The number of benzene rings is 1. The molecule has 6 heteroatoms. The molecule has 3 atom stereocenters. The molecular weight excluding hydrogens is 322 g/mol. The summed E-state index contributed by atoms with van der Waals surface area (Å²) >= 11 is 0. The Morgan fingerprint density at radius 1 is 1.16 bits per heavy atom. The van der Waals surface area contributed by atoms with Gasteiger partial charge >= 0.3 is 5.97 Å². The van der Waals surface area contributed by atoms with Gasteiger partial charge in [0.1, 0.15) is 13.2 Å². The summed E-state index contributed by atoms with van der Waals surface area (Å²) in [6, 6.07) is 5.05. The third-order valence-corrected chi connectivity index (χ3v) is 4.87. The molecule has 136 valence electrons. The number of rotatable bonds is 4. The summed E-state index contributed by atoms with van der Waals surface area (Å²) in [5.74, 6) is 0.799. The van der Waals surface area contributed by atoms with Crippen LogP contribution in [0.1, 0.15) is 49.9 Å². The van der Waals surface area contributed by atoms with Crippen LogP contribution < -0.4 is 14.8 Å². The maximum atomic E-state index is 12.3. The third kappa shape index (κ3) is 4.24. The Morgan fingerprint density at radius 3 is 2.64 bits per heavy atom. The van der Waals surface area contributed by atoms with Crippen molar-refractivity contribution in [3.8, 4) is 11.5 Å². The van der Waals surface area contributed by atoms with Gasteiger partial charge in [0.25, 0.3) is 5.91 Å². The fraction of sp³-hybridized carbons (Fsp3) is 0.579. The number of carbonyl (C=O) groups is 2. The van der Waals surface area contributed by atoms with Crippen LogP contribution in [0.25, 0.3) is 0 Å². The van der Waals surface area contributed by atoms with Gasteiger partial charge in [-0.15, -0.1) is 0 Å². The molecule has 1 N–H and O–H groups in total. The highest BCUT2D eigenvalue weighted by Gasteiger charge is 2.27. The summed E-state index contributed by atoms with van der Waals surface area (Å²) in [5, 5.41) is 3.01. The quantitative estimate of drug-likeness (QED) is 0.848. The lowest BCUT2D eigenvalue weighted by Gasteiger charge is -2.30. The van der Waals surface area contributed by atoms with Gasteiger partial charge in [-0.2, -0.15) is 0 Å². The van der Waals surface area contributed by atoms with Crippen LogP contribution in [0, 0.1) is 5.92 Å². The van der Waals surface area contributed by atoms with Crippen molar-refractivity contribution in [1.29, 1.82) is 0 Å². The second kappa shape index (κ2) is 7.76. The second-order valence-electron chi connectivity index (χ2n) is 6.78. The molecule has 1 heterocycles. The summed E-state index contributed by atoms with van der Waals surface area (Å²) < 4.78 is 16.2. The van der Waals surface area contributed by atoms with E-state index in [4.69, 9.17) is 14.2 Å². The maximum absolute atomic E-state index is 12.3. The Morgan fingerprint density at radius 2 is 1.88 bits per heavy atom. The van der Waals surface area contributed by atoms with Crippen LogP contribution >= 0.6 is 0 Å². The van der Waals surface area contributed by atoms with Crippen molar-refractivity contribution in [3.63, 3.8) is 0 Å². The molecule has 0 saturated heterocycles. The molecule has 1 aromatic carbocycles. The molecule has 1 aromatic rings. The molecule has 2 aliphatic rings. The average molecular weight is 347 g/mol. The molecule has 0 aromatic heterocycles. The van der Waals surface area contributed by atoms with E-state index in [-0.39, 0.29) is 11.9 Å². The molecule has 0 unspecified atom stereocenters. The number of hydrogen-bond acceptors (Lipinski definition) is 5. The van der Waals surface area contributed by atoms with Crippen LogP contribution in [0.15, 0.2) is 18.2 Å². The van der Waals surface area contributed by atoms with E-state index < -0.39 is 12.1 Å². The highest BCUT2D eigenvalue weighted by atomic mass is 16.6. The van der Waals surface area contributed by atoms with Crippen molar-refractivity contribution in [2.24, 2.45) is 5.92 Å². The first-order valence-corrected chi connectivity index (χ1v) is 8.95. The number of ether oxygens (including phenoxy) is 3. The average Bonchev–Trinajstić information content (AvgIpc) is 2.63. The molecule has 3 rings (SSSR count). The van der Waals surface area contributed by atoms with E-state index in [9.17, 15) is 9.59 Å². The van der Waals surface area contributed by atoms with E-state index in [2.05, 4.69) is 12.2 Å². The van der Waals surface area contributed by atoms with Crippen LogP contribution in [0.4, 0.5) is 0 Å². The third-order valence-electron chi connectivity index (χ3n) is 4.87. The minimum absolute atomic E-state index is 0.164. The van der Waals surface area contributed by atoms with Crippen molar-refractivity contribution in [2.75, 3.05) is 13.2 Å². The van der Waals surface area contributed by atoms with E-state index in [1.54, 1.807) is 25.1 Å². The van der Waals surface area contributed by atoms with Crippen LogP contribution in [0.3, 0.4) is 0 Å². The molecule has 1 fully saturated rings. The zero-order valence-electron chi connectivity index (χ0n) is 14.7. The van der Waals surface area contributed by atoms with Gasteiger partial charge in [-0.3, -0.25) is 4.79 Å². The van der Waals surface area contributed by atoms with Crippen LogP contribution in [-0.2, 0) is 9.53 Å². The molecule has 1 aliphatic heterocycles. The Hall–Kier alpha value is -2.24. The minimum Gasteiger partial charge on any atom is -0.486 e. The predicted molar refractivity (Wildman–Crippen MR) is 91.9 cm³/mol. The number of hydrogen-bond donors (Lipinski definition) is 1. The topological polar surface area (TPSA) is 73.9 Å². The molecule has 0 spiro atoms. The van der Waals surface area contributed by atoms with Crippen molar-refractivity contribution in [3.05, 3.63) is 23.8 Å². The number of amides is 1. The van der Waals surface area contributed by atoms with E-state index in [0.717, 1.165) is 19.3 Å². The van der Waals surface area contributed by atoms with E-state index in [1.807, 2.05) is 0 Å². The van der Waals surface area contributed by atoms with Crippen molar-refractivity contribution < 1.29 is 23.8 Å². The number of nitrogens with one attached hydrogen (secondary N) is 1. The van der Waals surface area contributed by atoms with Gasteiger partial charge in [-0.1, -0.05) is 19.8 Å². The van der Waals surface area contributed by atoms with E-state index >= 15 is 0 Å². The zero-order valence-corrected chi connectivity index (χ0v) is 14.7. The highest BCUT2D eigenvalue weighted by Crippen LogP contribution is 2.31. The first-order chi connectivity index (χ1) is 12.0. The predicted octanol–water partition coefficient (Wildman–Crippen LogP) is 2.70. The SMILES string of the molecule is C[C@@H]1CCCC[C@@H]1NC(=O)[C@@H](C)OC(=O)c1ccc2c(c1)OCCO2. The van der Waals surface area contributed by atoms with Crippen molar-refractivity contribution in [2.45, 2.75) is 51.7 Å². The summed E-state index contributed by atoms with van der Waals surface area (Å²) in [6.07, 6.45) is 3.60. The standard InChI is InChI=1S/C19H25NO5/c1-12-5-3-4-6-15(12)20-18(21)13(2)25-19(22)14-7-8-16-17(11-14)24-10-9-23-16/h7-8,11-13,15H,3-6,9-10H2,1-2H3,(H,20,21)/t12-,13-,15+/m1/s1. The summed E-state index contributed by atoms with van der Waals surface area (Å²) in [4.78, 5) is 24.6. The fourth-order valence-corrected chi connectivity index (χ4v) is 3.28. The largest absolute Gasteiger partial charge is 0.486 e. The Labute approximate surface area is 147 Å². The molecular formula is C19H25NO5. The highest BCUT2D eigenvalue weighted by molar-refractivity contribution is 5.93. The zero-order chi connectivity index (χ0) is 17.8. The lowest BCUT2D eigenvalue weighted by molar-refractivity contribution is -0.130. The van der Waals surface area contributed by atoms with Gasteiger partial charge in [0.05, 0.1) is 5.56 Å². The van der Waals surface area contributed by atoms with Gasteiger partial charge in [0.15, 0.2) is 17.6 Å². The number of fused-ring (bicyclic) bond motifs is 1. The maximum Gasteiger partial charge on any atom is 0.339 e. The molecule has 1 saturated carbocycles. The first-order valence-electron chi connectivity index (χ1n) is 8.95.